The van der Waals surface area contributed by atoms with Crippen LogP contribution in [-0.4, -0.2) is 26.9 Å². The number of benzene rings is 1. The van der Waals surface area contributed by atoms with Gasteiger partial charge < -0.3 is 20.0 Å². The molecule has 1 N–H and O–H groups in total. The van der Waals surface area contributed by atoms with E-state index in [1.165, 1.54) is 17.5 Å². The van der Waals surface area contributed by atoms with Crippen LogP contribution in [-0.2, 0) is 6.54 Å². The number of hydrogen-bond donors (Lipinski definition) is 1. The van der Waals surface area contributed by atoms with Gasteiger partial charge in [-0.05, 0) is 33.8 Å². The van der Waals surface area contributed by atoms with E-state index < -0.39 is 4.92 Å². The summed E-state index contributed by atoms with van der Waals surface area (Å²) < 4.78 is 2.81. The third-order valence-corrected chi connectivity index (χ3v) is 4.78. The fraction of sp³-hybridized carbons (Fsp3) is 0.250. The highest BCUT2D eigenvalue weighted by Crippen LogP contribution is 2.25. The lowest BCUT2D eigenvalue weighted by Crippen LogP contribution is -2.24. The summed E-state index contributed by atoms with van der Waals surface area (Å²) in [6, 6.07) is 9.76. The van der Waals surface area contributed by atoms with Gasteiger partial charge in [-0.25, -0.2) is 0 Å². The molecule has 0 aliphatic heterocycles. The fourth-order valence-electron chi connectivity index (χ4n) is 2.44. The number of amides is 1. The van der Waals surface area contributed by atoms with Crippen molar-refractivity contribution >= 4 is 33.1 Å². The molecular weight excluding hydrogens is 328 g/mol. The van der Waals surface area contributed by atoms with E-state index in [0.29, 0.717) is 30.2 Å². The lowest BCUT2D eigenvalue weighted by molar-refractivity contribution is -0.389. The second kappa shape index (κ2) is 6.79. The maximum atomic E-state index is 12.2. The molecule has 0 aliphatic carbocycles. The zero-order chi connectivity index (χ0) is 17.1. The van der Waals surface area contributed by atoms with E-state index in [0.717, 1.165) is 10.1 Å². The van der Waals surface area contributed by atoms with Gasteiger partial charge in [0, 0.05) is 24.7 Å². The molecule has 0 bridgehead atoms. The largest absolute Gasteiger partial charge is 0.381 e. The van der Waals surface area contributed by atoms with E-state index >= 15 is 0 Å². The van der Waals surface area contributed by atoms with Gasteiger partial charge in [-0.1, -0.05) is 18.2 Å². The zero-order valence-corrected chi connectivity index (χ0v) is 13.9. The minimum Gasteiger partial charge on any atom is -0.358 e. The van der Waals surface area contributed by atoms with Crippen LogP contribution < -0.4 is 5.32 Å². The number of nitrogens with one attached hydrogen (secondary N) is 1. The molecule has 0 atom stereocenters. The molecule has 1 amide bonds. The van der Waals surface area contributed by atoms with E-state index in [1.54, 1.807) is 11.5 Å². The first-order chi connectivity index (χ1) is 11.5. The van der Waals surface area contributed by atoms with Crippen molar-refractivity contribution in [1.82, 2.24) is 14.9 Å². The molecule has 0 spiro atoms. The Labute approximate surface area is 142 Å². The average molecular weight is 344 g/mol. The van der Waals surface area contributed by atoms with Gasteiger partial charge in [0.05, 0.1) is 4.88 Å². The number of thiophene rings is 1. The van der Waals surface area contributed by atoms with Crippen molar-refractivity contribution in [1.29, 1.82) is 0 Å². The van der Waals surface area contributed by atoms with Crippen LogP contribution in [0.5, 0.6) is 0 Å². The number of imidazole rings is 1. The lowest BCUT2D eigenvalue weighted by Gasteiger charge is -2.04. The van der Waals surface area contributed by atoms with Crippen LogP contribution in [0, 0.1) is 17.0 Å². The van der Waals surface area contributed by atoms with Crippen LogP contribution in [0.4, 0.5) is 5.82 Å². The van der Waals surface area contributed by atoms with Crippen molar-refractivity contribution in [2.45, 2.75) is 19.9 Å². The van der Waals surface area contributed by atoms with E-state index in [-0.39, 0.29) is 11.7 Å². The summed E-state index contributed by atoms with van der Waals surface area (Å²) in [7, 11) is 0. The molecule has 0 aliphatic rings. The minimum absolute atomic E-state index is 0.0930. The number of aromatic nitrogens is 2. The van der Waals surface area contributed by atoms with Gasteiger partial charge in [0.15, 0.2) is 0 Å². The monoisotopic (exact) mass is 344 g/mol. The highest BCUT2D eigenvalue weighted by Gasteiger charge is 2.15. The predicted octanol–water partition coefficient (Wildman–Crippen LogP) is 3.13. The SMILES string of the molecule is Cc1nc([N+](=O)[O-])cn1CCCNC(=O)c1cc2ccccc2s1. The van der Waals surface area contributed by atoms with E-state index in [4.69, 9.17) is 0 Å². The van der Waals surface area contributed by atoms with Gasteiger partial charge in [-0.3, -0.25) is 4.79 Å². The highest BCUT2D eigenvalue weighted by atomic mass is 32.1. The molecule has 2 aromatic heterocycles. The Bertz CT molecular complexity index is 867. The quantitative estimate of drug-likeness (QED) is 0.422. The summed E-state index contributed by atoms with van der Waals surface area (Å²) in [4.78, 5) is 26.9. The second-order valence-corrected chi connectivity index (χ2v) is 6.44. The van der Waals surface area contributed by atoms with Crippen molar-refractivity contribution in [3.05, 3.63) is 57.3 Å². The van der Waals surface area contributed by atoms with E-state index in [9.17, 15) is 14.9 Å². The first-order valence-electron chi connectivity index (χ1n) is 7.49. The van der Waals surface area contributed by atoms with Crippen LogP contribution in [0.25, 0.3) is 10.1 Å². The molecule has 2 heterocycles. The number of carbonyl (C=O) groups excluding carboxylic acids is 1. The number of hydrogen-bond acceptors (Lipinski definition) is 5. The molecule has 3 rings (SSSR count). The molecule has 0 fully saturated rings. The van der Waals surface area contributed by atoms with Gasteiger partial charge in [0.25, 0.3) is 5.91 Å². The Balaban J connectivity index is 1.53. The predicted molar refractivity (Wildman–Crippen MR) is 92.4 cm³/mol. The van der Waals surface area contributed by atoms with Gasteiger partial charge in [-0.15, -0.1) is 11.3 Å². The van der Waals surface area contributed by atoms with Crippen LogP contribution in [0.15, 0.2) is 36.5 Å². The number of nitro groups is 1. The molecule has 124 valence electrons. The van der Waals surface area contributed by atoms with Crippen LogP contribution in [0.3, 0.4) is 0 Å². The Morgan fingerprint density at radius 2 is 2.21 bits per heavy atom. The molecule has 3 aromatic rings. The first kappa shape index (κ1) is 16.1. The molecule has 0 unspecified atom stereocenters. The summed E-state index contributed by atoms with van der Waals surface area (Å²) in [5, 5.41) is 14.6. The normalized spacial score (nSPS) is 10.9. The summed E-state index contributed by atoms with van der Waals surface area (Å²) >= 11 is 1.47. The topological polar surface area (TPSA) is 90.1 Å². The number of fused-ring (bicyclic) bond motifs is 1. The highest BCUT2D eigenvalue weighted by molar-refractivity contribution is 7.20. The molecule has 24 heavy (non-hydrogen) atoms. The third-order valence-electron chi connectivity index (χ3n) is 3.66. The zero-order valence-electron chi connectivity index (χ0n) is 13.1. The number of carbonyl (C=O) groups is 1. The molecule has 7 nitrogen and oxygen atoms in total. The average Bonchev–Trinajstić information content (AvgIpc) is 3.15. The van der Waals surface area contributed by atoms with E-state index in [2.05, 4.69) is 10.3 Å². The second-order valence-electron chi connectivity index (χ2n) is 5.35. The van der Waals surface area contributed by atoms with Crippen molar-refractivity contribution in [2.24, 2.45) is 0 Å². The maximum absolute atomic E-state index is 12.2. The van der Waals surface area contributed by atoms with Crippen molar-refractivity contribution in [2.75, 3.05) is 6.54 Å². The van der Waals surface area contributed by atoms with Crippen molar-refractivity contribution in [3.63, 3.8) is 0 Å². The Morgan fingerprint density at radius 3 is 2.92 bits per heavy atom. The third kappa shape index (κ3) is 3.43. The van der Waals surface area contributed by atoms with Crippen LogP contribution >= 0.6 is 11.3 Å². The summed E-state index contributed by atoms with van der Waals surface area (Å²) in [5.41, 5.74) is 0. The minimum atomic E-state index is -0.507. The lowest BCUT2D eigenvalue weighted by atomic mass is 10.2. The standard InChI is InChI=1S/C16H16N4O3S/c1-11-18-15(20(22)23)10-19(11)8-4-7-17-16(21)14-9-12-5-2-3-6-13(12)24-14/h2-3,5-6,9-10H,4,7-8H2,1H3,(H,17,21). The van der Waals surface area contributed by atoms with Crippen LogP contribution in [0.1, 0.15) is 21.9 Å². The van der Waals surface area contributed by atoms with E-state index in [1.807, 2.05) is 30.3 Å². The molecular formula is C16H16N4O3S. The fourth-order valence-corrected chi connectivity index (χ4v) is 3.42. The summed E-state index contributed by atoms with van der Waals surface area (Å²) in [6.07, 6.45) is 2.09. The van der Waals surface area contributed by atoms with Crippen molar-refractivity contribution in [3.8, 4) is 0 Å². The molecule has 0 radical (unpaired) electrons. The number of rotatable bonds is 6. The summed E-state index contributed by atoms with van der Waals surface area (Å²) in [5.74, 6) is 0.351. The Kier molecular flexibility index (Phi) is 4.57. The van der Waals surface area contributed by atoms with Gasteiger partial charge in [0.1, 0.15) is 6.20 Å². The Hall–Kier alpha value is -2.74. The van der Waals surface area contributed by atoms with Gasteiger partial charge in [0.2, 0.25) is 5.82 Å². The smallest absolute Gasteiger partial charge is 0.358 e. The molecule has 1 aromatic carbocycles. The van der Waals surface area contributed by atoms with Gasteiger partial charge >= 0.3 is 5.82 Å². The summed E-state index contributed by atoms with van der Waals surface area (Å²) in [6.45, 7) is 2.79. The molecule has 0 saturated carbocycles. The van der Waals surface area contributed by atoms with Crippen molar-refractivity contribution < 1.29 is 9.72 Å². The Morgan fingerprint density at radius 1 is 1.42 bits per heavy atom. The number of nitrogens with zero attached hydrogens (tertiary/aromatic N) is 3. The van der Waals surface area contributed by atoms with Crippen LogP contribution in [0.2, 0.25) is 0 Å². The number of aryl methyl sites for hydroxylation is 2. The molecule has 0 saturated heterocycles. The van der Waals surface area contributed by atoms with Gasteiger partial charge in [-0.2, -0.15) is 0 Å². The molecule has 8 heteroatoms. The maximum Gasteiger partial charge on any atom is 0.381 e. The first-order valence-corrected chi connectivity index (χ1v) is 8.31.